The van der Waals surface area contributed by atoms with Gasteiger partial charge >= 0.3 is 12.1 Å². The van der Waals surface area contributed by atoms with Gasteiger partial charge in [-0.05, 0) is 81.9 Å². The van der Waals surface area contributed by atoms with Gasteiger partial charge in [-0.2, -0.15) is 0 Å². The standard InChI is InChI=1S/C41H46N4O9/c1-40(29-17-9-6-10-18-29)34(48)42(3)38(52)45(36(40)50)24-33(47)28-16-12-20-31(22-28)54-25-26-13-11-19-30(21-26)41(2)35(49)43(4)39(53)44(37(41)51)23-32(46)27-14-7-5-8-15-27/h5,7-9,12,14-17,20-22,29-30,35,49H,6,10-11,13,18-19,23-25H2,1-4H3. The van der Waals surface area contributed by atoms with Crippen LogP contribution in [0, 0.1) is 22.7 Å². The van der Waals surface area contributed by atoms with Crippen LogP contribution < -0.4 is 4.74 Å². The summed E-state index contributed by atoms with van der Waals surface area (Å²) < 4.78 is 6.10. The summed E-state index contributed by atoms with van der Waals surface area (Å²) in [5.74, 6) is -3.32. The normalized spacial score (nSPS) is 27.7. The van der Waals surface area contributed by atoms with Gasteiger partial charge in [0.15, 0.2) is 11.6 Å². The van der Waals surface area contributed by atoms with E-state index in [4.69, 9.17) is 4.74 Å². The van der Waals surface area contributed by atoms with E-state index in [0.29, 0.717) is 37.0 Å². The van der Waals surface area contributed by atoms with Crippen LogP contribution in [0.2, 0.25) is 0 Å². The minimum absolute atomic E-state index is 0.114. The van der Waals surface area contributed by atoms with E-state index < -0.39 is 83.3 Å². The molecule has 0 radical (unpaired) electrons. The zero-order valence-corrected chi connectivity index (χ0v) is 31.0. The van der Waals surface area contributed by atoms with E-state index >= 15 is 0 Å². The molecule has 13 heteroatoms. The molecular formula is C41H46N4O9. The highest BCUT2D eigenvalue weighted by molar-refractivity contribution is 6.20. The summed E-state index contributed by atoms with van der Waals surface area (Å²) in [5, 5.41) is 11.3. The smallest absolute Gasteiger partial charge is 0.333 e. The molecule has 0 bridgehead atoms. The van der Waals surface area contributed by atoms with Crippen LogP contribution in [0.1, 0.15) is 73.1 Å². The molecule has 13 nitrogen and oxygen atoms in total. The van der Waals surface area contributed by atoms with Gasteiger partial charge in [0.05, 0.1) is 18.5 Å². The third-order valence-corrected chi connectivity index (χ3v) is 11.6. The van der Waals surface area contributed by atoms with Crippen molar-refractivity contribution in [2.75, 3.05) is 33.8 Å². The van der Waals surface area contributed by atoms with Crippen LogP contribution in [0.25, 0.3) is 0 Å². The molecule has 6 rings (SSSR count). The van der Waals surface area contributed by atoms with Crippen molar-refractivity contribution in [3.05, 3.63) is 89.5 Å². The van der Waals surface area contributed by atoms with Gasteiger partial charge in [0.25, 0.3) is 0 Å². The zero-order valence-electron chi connectivity index (χ0n) is 31.0. The molecule has 2 saturated heterocycles. The molecule has 5 atom stereocenters. The molecule has 54 heavy (non-hydrogen) atoms. The van der Waals surface area contributed by atoms with E-state index in [-0.39, 0.29) is 12.2 Å². The first-order valence-corrected chi connectivity index (χ1v) is 18.3. The lowest BCUT2D eigenvalue weighted by molar-refractivity contribution is -0.167. The number of carbonyl (C=O) groups excluding carboxylic acids is 7. The minimum atomic E-state index is -1.51. The number of barbiturate groups is 1. The molecule has 0 saturated carbocycles. The molecule has 2 heterocycles. The Balaban J connectivity index is 1.14. The van der Waals surface area contributed by atoms with E-state index in [1.807, 2.05) is 18.2 Å². The zero-order chi connectivity index (χ0) is 38.9. The number of hydrogen-bond acceptors (Lipinski definition) is 9. The van der Waals surface area contributed by atoms with Gasteiger partial charge in [-0.25, -0.2) is 9.59 Å². The maximum Gasteiger partial charge on any atom is 0.333 e. The molecule has 2 aliphatic heterocycles. The molecular weight excluding hydrogens is 692 g/mol. The van der Waals surface area contributed by atoms with Crippen molar-refractivity contribution in [3.8, 4) is 5.75 Å². The molecule has 2 aromatic rings. The van der Waals surface area contributed by atoms with Crippen molar-refractivity contribution < 1.29 is 43.4 Å². The summed E-state index contributed by atoms with van der Waals surface area (Å²) in [7, 11) is 2.73. The summed E-state index contributed by atoms with van der Waals surface area (Å²) in [5.41, 5.74) is -1.52. The molecule has 284 valence electrons. The highest BCUT2D eigenvalue weighted by atomic mass is 16.5. The number of ketones is 2. The summed E-state index contributed by atoms with van der Waals surface area (Å²) in [6, 6.07) is 13.2. The second kappa shape index (κ2) is 15.1. The van der Waals surface area contributed by atoms with Crippen LogP contribution in [0.4, 0.5) is 9.59 Å². The number of aliphatic hydroxyl groups excluding tert-OH is 1. The SMILES string of the molecule is CN1C(=O)N(CC(=O)c2cccc(OCC3=CC(C4(C)C(=O)N(CC(=O)c5ccccc5)C(=O)N(C)C4O)CCC3)c2)C(=O)C(C)(C2C=CCCC2)C1=O. The van der Waals surface area contributed by atoms with E-state index in [9.17, 15) is 38.7 Å². The van der Waals surface area contributed by atoms with Crippen LogP contribution in [0.5, 0.6) is 5.75 Å². The van der Waals surface area contributed by atoms with Crippen molar-refractivity contribution >= 4 is 41.4 Å². The lowest BCUT2D eigenvalue weighted by atomic mass is 9.68. The van der Waals surface area contributed by atoms with Gasteiger partial charge in [0, 0.05) is 25.2 Å². The summed E-state index contributed by atoms with van der Waals surface area (Å²) in [6.07, 6.45) is 8.42. The predicted octanol–water partition coefficient (Wildman–Crippen LogP) is 4.86. The Labute approximate surface area is 314 Å². The van der Waals surface area contributed by atoms with Gasteiger partial charge in [-0.3, -0.25) is 38.7 Å². The lowest BCUT2D eigenvalue weighted by Gasteiger charge is -2.50. The lowest BCUT2D eigenvalue weighted by Crippen LogP contribution is -2.67. The van der Waals surface area contributed by atoms with E-state index in [2.05, 4.69) is 0 Å². The number of benzene rings is 2. The quantitative estimate of drug-likeness (QED) is 0.193. The number of aliphatic hydroxyl groups is 1. The minimum Gasteiger partial charge on any atom is -0.489 e. The van der Waals surface area contributed by atoms with Crippen molar-refractivity contribution in [2.45, 2.75) is 58.6 Å². The number of amides is 7. The third kappa shape index (κ3) is 6.76. The number of carbonyl (C=O) groups is 7. The predicted molar refractivity (Wildman–Crippen MR) is 196 cm³/mol. The Hall–Kier alpha value is -5.43. The number of rotatable bonds is 11. The first-order valence-electron chi connectivity index (χ1n) is 18.3. The molecule has 4 aliphatic rings. The highest BCUT2D eigenvalue weighted by Gasteiger charge is 2.58. The number of ether oxygens (including phenoxy) is 1. The maximum absolute atomic E-state index is 14.0. The van der Waals surface area contributed by atoms with Crippen molar-refractivity contribution in [2.24, 2.45) is 22.7 Å². The number of urea groups is 2. The summed E-state index contributed by atoms with van der Waals surface area (Å²) in [6.45, 7) is 2.27. The van der Waals surface area contributed by atoms with Crippen LogP contribution >= 0.6 is 0 Å². The van der Waals surface area contributed by atoms with E-state index in [1.165, 1.54) is 20.2 Å². The van der Waals surface area contributed by atoms with Gasteiger partial charge in [-0.1, -0.05) is 60.7 Å². The average Bonchev–Trinajstić information content (AvgIpc) is 3.21. The summed E-state index contributed by atoms with van der Waals surface area (Å²) in [4.78, 5) is 97.7. The first-order chi connectivity index (χ1) is 25.7. The molecule has 2 aromatic carbocycles. The second-order valence-electron chi connectivity index (χ2n) is 15.0. The van der Waals surface area contributed by atoms with E-state index in [0.717, 1.165) is 38.0 Å². The Bertz CT molecular complexity index is 1940. The second-order valence-corrected chi connectivity index (χ2v) is 15.0. The number of imide groups is 3. The van der Waals surface area contributed by atoms with Gasteiger partial charge in [0.1, 0.15) is 24.0 Å². The van der Waals surface area contributed by atoms with Gasteiger partial charge in [-0.15, -0.1) is 0 Å². The fraction of sp³-hybridized carbons (Fsp3) is 0.439. The Kier molecular flexibility index (Phi) is 10.7. The Morgan fingerprint density at radius 3 is 2.13 bits per heavy atom. The van der Waals surface area contributed by atoms with Gasteiger partial charge in [0.2, 0.25) is 17.7 Å². The number of hydrogen-bond donors (Lipinski definition) is 1. The third-order valence-electron chi connectivity index (χ3n) is 11.6. The van der Waals surface area contributed by atoms with Crippen molar-refractivity contribution in [1.29, 1.82) is 0 Å². The van der Waals surface area contributed by atoms with Crippen molar-refractivity contribution in [3.63, 3.8) is 0 Å². The topological polar surface area (TPSA) is 162 Å². The molecule has 0 aromatic heterocycles. The molecule has 7 amide bonds. The monoisotopic (exact) mass is 738 g/mol. The van der Waals surface area contributed by atoms with Crippen LogP contribution in [0.3, 0.4) is 0 Å². The molecule has 5 unspecified atom stereocenters. The van der Waals surface area contributed by atoms with Crippen LogP contribution in [-0.4, -0.2) is 106 Å². The van der Waals surface area contributed by atoms with Crippen LogP contribution in [-0.2, 0) is 14.4 Å². The fourth-order valence-electron chi connectivity index (χ4n) is 8.12. The maximum atomic E-state index is 14.0. The highest BCUT2D eigenvalue weighted by Crippen LogP contribution is 2.45. The number of nitrogens with zero attached hydrogens (tertiary/aromatic N) is 4. The van der Waals surface area contributed by atoms with Crippen molar-refractivity contribution in [1.82, 2.24) is 19.6 Å². The fourth-order valence-corrected chi connectivity index (χ4v) is 8.12. The van der Waals surface area contributed by atoms with Crippen LogP contribution in [0.15, 0.2) is 78.4 Å². The van der Waals surface area contributed by atoms with E-state index in [1.54, 1.807) is 62.4 Å². The largest absolute Gasteiger partial charge is 0.489 e. The Morgan fingerprint density at radius 2 is 1.44 bits per heavy atom. The molecule has 1 N–H and O–H groups in total. The Morgan fingerprint density at radius 1 is 0.796 bits per heavy atom. The molecule has 2 fully saturated rings. The molecule has 0 spiro atoms. The van der Waals surface area contributed by atoms with Gasteiger partial charge < -0.3 is 14.7 Å². The first kappa shape index (κ1) is 38.3. The number of allylic oxidation sites excluding steroid dienone is 3. The molecule has 2 aliphatic carbocycles. The summed E-state index contributed by atoms with van der Waals surface area (Å²) >= 11 is 0. The average molecular weight is 739 g/mol. The number of Topliss-reactive ketones (excluding diaryl/α,β-unsaturated/α-hetero) is 2.